The quantitative estimate of drug-likeness (QED) is 0.623. The maximum absolute atomic E-state index is 11.5. The van der Waals surface area contributed by atoms with Crippen molar-refractivity contribution < 1.29 is 9.21 Å². The fourth-order valence-electron chi connectivity index (χ4n) is 1.40. The number of rotatable bonds is 1. The molecular weight excluding hydrogens is 156 g/mol. The largest absolute Gasteiger partial charge is 0.451 e. The molecule has 1 fully saturated rings. The molecule has 1 aromatic heterocycles. The summed E-state index contributed by atoms with van der Waals surface area (Å²) >= 11 is 0. The molecule has 0 aliphatic carbocycles. The molecule has 1 aromatic rings. The first-order valence-electron chi connectivity index (χ1n) is 4.05. The van der Waals surface area contributed by atoms with Gasteiger partial charge in [-0.3, -0.25) is 4.79 Å². The van der Waals surface area contributed by atoms with E-state index in [0.717, 1.165) is 25.9 Å². The van der Waals surface area contributed by atoms with E-state index in [4.69, 9.17) is 4.42 Å². The minimum absolute atomic E-state index is 0.0127. The molecule has 0 saturated carbocycles. The van der Waals surface area contributed by atoms with Crippen LogP contribution in [0.15, 0.2) is 17.1 Å². The van der Waals surface area contributed by atoms with Gasteiger partial charge in [0, 0.05) is 13.1 Å². The zero-order valence-electron chi connectivity index (χ0n) is 6.69. The van der Waals surface area contributed by atoms with Crippen molar-refractivity contribution in [3.8, 4) is 0 Å². The number of hydrogen-bond donors (Lipinski definition) is 0. The van der Waals surface area contributed by atoms with E-state index in [0.29, 0.717) is 5.69 Å². The molecule has 0 radical (unpaired) electrons. The number of carbonyl (C=O) groups is 1. The van der Waals surface area contributed by atoms with Gasteiger partial charge in [0.1, 0.15) is 6.26 Å². The Kier molecular flexibility index (Phi) is 1.81. The van der Waals surface area contributed by atoms with Gasteiger partial charge in [0.05, 0.1) is 0 Å². The van der Waals surface area contributed by atoms with Crippen LogP contribution in [0.25, 0.3) is 0 Å². The van der Waals surface area contributed by atoms with Crippen LogP contribution in [0.3, 0.4) is 0 Å². The summed E-state index contributed by atoms with van der Waals surface area (Å²) in [6.07, 6.45) is 4.87. The summed E-state index contributed by atoms with van der Waals surface area (Å²) in [6.45, 7) is 1.71. The molecule has 4 nitrogen and oxygen atoms in total. The predicted octanol–water partition coefficient (Wildman–Crippen LogP) is 0.911. The van der Waals surface area contributed by atoms with Crippen LogP contribution in [-0.2, 0) is 0 Å². The molecule has 0 aromatic carbocycles. The summed E-state index contributed by atoms with van der Waals surface area (Å²) in [4.78, 5) is 17.1. The summed E-state index contributed by atoms with van der Waals surface area (Å²) in [5.41, 5.74) is 0.414. The topological polar surface area (TPSA) is 46.3 Å². The number of amides is 1. The average Bonchev–Trinajstić information content (AvgIpc) is 2.77. The fraction of sp³-hybridized carbons (Fsp3) is 0.500. The van der Waals surface area contributed by atoms with E-state index in [1.807, 2.05) is 0 Å². The van der Waals surface area contributed by atoms with Crippen molar-refractivity contribution in [2.24, 2.45) is 0 Å². The fourth-order valence-corrected chi connectivity index (χ4v) is 1.40. The Hall–Kier alpha value is -1.32. The van der Waals surface area contributed by atoms with Crippen LogP contribution in [0.4, 0.5) is 0 Å². The second kappa shape index (κ2) is 2.97. The van der Waals surface area contributed by atoms with Gasteiger partial charge >= 0.3 is 0 Å². The van der Waals surface area contributed by atoms with Gasteiger partial charge in [0.15, 0.2) is 12.1 Å². The Morgan fingerprint density at radius 1 is 1.50 bits per heavy atom. The lowest BCUT2D eigenvalue weighted by atomic mass is 10.4. The highest BCUT2D eigenvalue weighted by molar-refractivity contribution is 5.92. The van der Waals surface area contributed by atoms with Crippen LogP contribution in [0.5, 0.6) is 0 Å². The lowest BCUT2D eigenvalue weighted by molar-refractivity contribution is 0.0787. The molecule has 4 heteroatoms. The van der Waals surface area contributed by atoms with E-state index in [1.54, 1.807) is 4.90 Å². The third-order valence-electron chi connectivity index (χ3n) is 2.04. The first-order valence-corrected chi connectivity index (χ1v) is 4.05. The number of hydrogen-bond acceptors (Lipinski definition) is 3. The van der Waals surface area contributed by atoms with Crippen molar-refractivity contribution in [1.29, 1.82) is 0 Å². The second-order valence-electron chi connectivity index (χ2n) is 2.87. The Bertz CT molecular complexity index is 263. The molecule has 0 spiro atoms. The van der Waals surface area contributed by atoms with Crippen molar-refractivity contribution >= 4 is 5.91 Å². The molecule has 0 unspecified atom stereocenters. The summed E-state index contributed by atoms with van der Waals surface area (Å²) < 4.78 is 4.74. The molecular formula is C8H10N2O2. The third-order valence-corrected chi connectivity index (χ3v) is 2.04. The number of oxazole rings is 1. The molecule has 1 aliphatic heterocycles. The van der Waals surface area contributed by atoms with Gasteiger partial charge in [-0.05, 0) is 12.8 Å². The van der Waals surface area contributed by atoms with E-state index >= 15 is 0 Å². The summed E-state index contributed by atoms with van der Waals surface area (Å²) in [5, 5.41) is 0. The SMILES string of the molecule is O=C(c1cocn1)N1CCCC1. The van der Waals surface area contributed by atoms with Crippen LogP contribution < -0.4 is 0 Å². The Morgan fingerprint density at radius 3 is 2.83 bits per heavy atom. The van der Waals surface area contributed by atoms with Crippen molar-refractivity contribution in [2.75, 3.05) is 13.1 Å². The van der Waals surface area contributed by atoms with Gasteiger partial charge in [-0.15, -0.1) is 0 Å². The normalized spacial score (nSPS) is 16.8. The van der Waals surface area contributed by atoms with Crippen molar-refractivity contribution in [3.05, 3.63) is 18.4 Å². The molecule has 1 saturated heterocycles. The highest BCUT2D eigenvalue weighted by Gasteiger charge is 2.20. The average molecular weight is 166 g/mol. The number of likely N-dealkylation sites (tertiary alicyclic amines) is 1. The zero-order valence-corrected chi connectivity index (χ0v) is 6.69. The Morgan fingerprint density at radius 2 is 2.25 bits per heavy atom. The molecule has 1 aliphatic rings. The number of nitrogens with zero attached hydrogens (tertiary/aromatic N) is 2. The van der Waals surface area contributed by atoms with Gasteiger partial charge in [-0.2, -0.15) is 0 Å². The predicted molar refractivity (Wildman–Crippen MR) is 41.6 cm³/mol. The maximum atomic E-state index is 11.5. The van der Waals surface area contributed by atoms with Crippen LogP contribution in [0.1, 0.15) is 23.3 Å². The number of aromatic nitrogens is 1. The van der Waals surface area contributed by atoms with Gasteiger partial charge < -0.3 is 9.32 Å². The molecule has 12 heavy (non-hydrogen) atoms. The lowest BCUT2D eigenvalue weighted by Gasteiger charge is -2.12. The highest BCUT2D eigenvalue weighted by atomic mass is 16.3. The van der Waals surface area contributed by atoms with Crippen LogP contribution >= 0.6 is 0 Å². The summed E-state index contributed by atoms with van der Waals surface area (Å²) in [7, 11) is 0. The first kappa shape index (κ1) is 7.34. The molecule has 64 valence electrons. The zero-order chi connectivity index (χ0) is 8.39. The van der Waals surface area contributed by atoms with Crippen LogP contribution in [-0.4, -0.2) is 28.9 Å². The van der Waals surface area contributed by atoms with Crippen molar-refractivity contribution in [3.63, 3.8) is 0 Å². The van der Waals surface area contributed by atoms with E-state index in [9.17, 15) is 4.79 Å². The Labute approximate surface area is 70.2 Å². The monoisotopic (exact) mass is 166 g/mol. The Balaban J connectivity index is 2.09. The smallest absolute Gasteiger partial charge is 0.275 e. The van der Waals surface area contributed by atoms with E-state index in [2.05, 4.69) is 4.98 Å². The number of carbonyl (C=O) groups excluding carboxylic acids is 1. The van der Waals surface area contributed by atoms with E-state index in [1.165, 1.54) is 12.7 Å². The van der Waals surface area contributed by atoms with Gasteiger partial charge in [-0.1, -0.05) is 0 Å². The molecule has 2 rings (SSSR count). The second-order valence-corrected chi connectivity index (χ2v) is 2.87. The third kappa shape index (κ3) is 1.20. The minimum Gasteiger partial charge on any atom is -0.451 e. The van der Waals surface area contributed by atoms with Crippen molar-refractivity contribution in [1.82, 2.24) is 9.88 Å². The van der Waals surface area contributed by atoms with E-state index in [-0.39, 0.29) is 5.91 Å². The standard InChI is InChI=1S/C8H10N2O2/c11-8(7-5-12-6-9-7)10-3-1-2-4-10/h5-6H,1-4H2. The van der Waals surface area contributed by atoms with Crippen LogP contribution in [0, 0.1) is 0 Å². The minimum atomic E-state index is -0.0127. The first-order chi connectivity index (χ1) is 5.88. The van der Waals surface area contributed by atoms with Gasteiger partial charge in [0.25, 0.3) is 5.91 Å². The van der Waals surface area contributed by atoms with E-state index < -0.39 is 0 Å². The molecule has 0 bridgehead atoms. The maximum Gasteiger partial charge on any atom is 0.275 e. The van der Waals surface area contributed by atoms with Gasteiger partial charge in [0.2, 0.25) is 0 Å². The van der Waals surface area contributed by atoms with Crippen LogP contribution in [0.2, 0.25) is 0 Å². The molecule has 1 amide bonds. The molecule has 2 heterocycles. The molecule has 0 atom stereocenters. The lowest BCUT2D eigenvalue weighted by Crippen LogP contribution is -2.27. The highest BCUT2D eigenvalue weighted by Crippen LogP contribution is 2.10. The molecule has 0 N–H and O–H groups in total. The summed E-state index contributed by atoms with van der Waals surface area (Å²) in [5.74, 6) is -0.0127. The van der Waals surface area contributed by atoms with Crippen molar-refractivity contribution in [2.45, 2.75) is 12.8 Å². The summed E-state index contributed by atoms with van der Waals surface area (Å²) in [6, 6.07) is 0. The van der Waals surface area contributed by atoms with Gasteiger partial charge in [-0.25, -0.2) is 4.98 Å².